The van der Waals surface area contributed by atoms with Gasteiger partial charge in [0.2, 0.25) is 5.91 Å². The molecule has 1 atom stereocenters. The predicted octanol–water partition coefficient (Wildman–Crippen LogP) is 6.11. The van der Waals surface area contributed by atoms with E-state index in [1.807, 2.05) is 85.1 Å². The van der Waals surface area contributed by atoms with Crippen molar-refractivity contribution in [1.29, 1.82) is 0 Å². The van der Waals surface area contributed by atoms with Crippen LogP contribution in [0, 0.1) is 6.92 Å². The molecule has 35 heavy (non-hydrogen) atoms. The van der Waals surface area contributed by atoms with Crippen LogP contribution in [0.5, 0.6) is 11.5 Å². The van der Waals surface area contributed by atoms with Gasteiger partial charge in [-0.05, 0) is 55.8 Å². The van der Waals surface area contributed by atoms with Gasteiger partial charge in [-0.2, -0.15) is 0 Å². The second-order valence-electron chi connectivity index (χ2n) is 7.72. The number of benzene rings is 3. The first kappa shape index (κ1) is 24.6. The third kappa shape index (κ3) is 5.96. The Morgan fingerprint density at radius 3 is 2.49 bits per heavy atom. The van der Waals surface area contributed by atoms with Gasteiger partial charge in [0.05, 0.1) is 12.9 Å². The molecule has 180 valence electrons. The quantitative estimate of drug-likeness (QED) is 0.275. The molecule has 0 aliphatic heterocycles. The average Bonchev–Trinajstić information content (AvgIpc) is 3.30. The van der Waals surface area contributed by atoms with E-state index in [1.54, 1.807) is 13.2 Å². The molecule has 7 nitrogen and oxygen atoms in total. The number of methoxy groups -OCH3 is 1. The van der Waals surface area contributed by atoms with Gasteiger partial charge in [0.1, 0.15) is 0 Å². The molecule has 0 bridgehead atoms. The predicted molar refractivity (Wildman–Crippen MR) is 139 cm³/mol. The molecular weight excluding hydrogens is 484 g/mol. The normalized spacial score (nSPS) is 11.7. The minimum atomic E-state index is -0.433. The maximum atomic E-state index is 12.6. The number of nitrogens with one attached hydrogen (secondary N) is 1. The van der Waals surface area contributed by atoms with E-state index < -0.39 is 6.10 Å². The summed E-state index contributed by atoms with van der Waals surface area (Å²) in [5, 5.41) is 12.8. The van der Waals surface area contributed by atoms with Crippen molar-refractivity contribution < 1.29 is 14.3 Å². The zero-order valence-electron chi connectivity index (χ0n) is 19.6. The Balaban J connectivity index is 1.54. The van der Waals surface area contributed by atoms with Gasteiger partial charge in [-0.15, -0.1) is 10.2 Å². The highest BCUT2D eigenvalue weighted by Gasteiger charge is 2.22. The maximum Gasteiger partial charge on any atom is 0.234 e. The number of hydrogen-bond acceptors (Lipinski definition) is 6. The fourth-order valence-corrected chi connectivity index (χ4v) is 4.35. The van der Waals surface area contributed by atoms with Crippen molar-refractivity contribution in [3.8, 4) is 17.2 Å². The van der Waals surface area contributed by atoms with E-state index in [-0.39, 0.29) is 11.7 Å². The van der Waals surface area contributed by atoms with E-state index in [0.717, 1.165) is 11.3 Å². The van der Waals surface area contributed by atoms with Crippen LogP contribution in [0.15, 0.2) is 78.0 Å². The number of anilines is 1. The number of nitrogens with zero attached hydrogens (tertiary/aromatic N) is 3. The highest BCUT2D eigenvalue weighted by atomic mass is 35.5. The van der Waals surface area contributed by atoms with Crippen LogP contribution in [0.1, 0.15) is 24.4 Å². The third-order valence-corrected chi connectivity index (χ3v) is 6.53. The number of amides is 1. The van der Waals surface area contributed by atoms with Crippen molar-refractivity contribution in [1.82, 2.24) is 14.8 Å². The standard InChI is InChI=1S/C26H25ClN4O3S/c1-17-13-14-19(15-21(17)27)28-24(32)16-35-26-30-29-25(31(26)20-9-5-4-6-10-20)18(2)34-23-12-8-7-11-22(23)33-3/h4-15,18H,16H2,1-3H3,(H,28,32). The molecule has 1 N–H and O–H groups in total. The van der Waals surface area contributed by atoms with Crippen LogP contribution in [-0.4, -0.2) is 33.5 Å². The molecule has 4 rings (SSSR count). The summed E-state index contributed by atoms with van der Waals surface area (Å²) in [5.74, 6) is 1.83. The van der Waals surface area contributed by atoms with Gasteiger partial charge in [0.15, 0.2) is 28.6 Å². The summed E-state index contributed by atoms with van der Waals surface area (Å²) in [5.41, 5.74) is 2.47. The second-order valence-corrected chi connectivity index (χ2v) is 9.07. The molecule has 0 fully saturated rings. The number of thioether (sulfide) groups is 1. The molecule has 0 spiro atoms. The molecule has 0 radical (unpaired) electrons. The van der Waals surface area contributed by atoms with E-state index in [4.69, 9.17) is 21.1 Å². The maximum absolute atomic E-state index is 12.6. The monoisotopic (exact) mass is 508 g/mol. The SMILES string of the molecule is COc1ccccc1OC(C)c1nnc(SCC(=O)Nc2ccc(C)c(Cl)c2)n1-c1ccccc1. The summed E-state index contributed by atoms with van der Waals surface area (Å²) in [4.78, 5) is 12.6. The van der Waals surface area contributed by atoms with E-state index >= 15 is 0 Å². The summed E-state index contributed by atoms with van der Waals surface area (Å²) in [6.45, 7) is 3.81. The van der Waals surface area contributed by atoms with Crippen LogP contribution in [0.3, 0.4) is 0 Å². The zero-order chi connectivity index (χ0) is 24.8. The van der Waals surface area contributed by atoms with Crippen LogP contribution in [0.2, 0.25) is 5.02 Å². The summed E-state index contributed by atoms with van der Waals surface area (Å²) in [7, 11) is 1.60. The highest BCUT2D eigenvalue weighted by Crippen LogP contribution is 2.32. The number of carbonyl (C=O) groups is 1. The number of aryl methyl sites for hydroxylation is 1. The first-order valence-electron chi connectivity index (χ1n) is 11.0. The Labute approximate surface area is 213 Å². The van der Waals surface area contributed by atoms with Crippen LogP contribution >= 0.6 is 23.4 Å². The number of halogens is 1. The number of aromatic nitrogens is 3. The van der Waals surface area contributed by atoms with Crippen molar-refractivity contribution in [2.24, 2.45) is 0 Å². The van der Waals surface area contributed by atoms with E-state index in [0.29, 0.717) is 33.2 Å². The summed E-state index contributed by atoms with van der Waals surface area (Å²) < 4.78 is 13.5. The Morgan fingerprint density at radius 1 is 1.06 bits per heavy atom. The number of hydrogen-bond donors (Lipinski definition) is 1. The van der Waals surface area contributed by atoms with Crippen molar-refractivity contribution >= 4 is 35.0 Å². The lowest BCUT2D eigenvalue weighted by Gasteiger charge is -2.18. The van der Waals surface area contributed by atoms with E-state index in [2.05, 4.69) is 15.5 Å². The molecule has 4 aromatic rings. The smallest absolute Gasteiger partial charge is 0.234 e. The van der Waals surface area contributed by atoms with Crippen LogP contribution < -0.4 is 14.8 Å². The van der Waals surface area contributed by atoms with Crippen molar-refractivity contribution in [2.75, 3.05) is 18.2 Å². The fraction of sp³-hybridized carbons (Fsp3) is 0.192. The third-order valence-electron chi connectivity index (χ3n) is 5.20. The van der Waals surface area contributed by atoms with Crippen molar-refractivity contribution in [3.05, 3.63) is 89.2 Å². The first-order valence-corrected chi connectivity index (χ1v) is 12.3. The van der Waals surface area contributed by atoms with Gasteiger partial charge in [-0.3, -0.25) is 9.36 Å². The molecule has 0 aliphatic rings. The second kappa shape index (κ2) is 11.3. The summed E-state index contributed by atoms with van der Waals surface area (Å²) in [6, 6.07) is 22.6. The van der Waals surface area contributed by atoms with Gasteiger partial charge in [-0.25, -0.2) is 0 Å². The molecule has 3 aromatic carbocycles. The van der Waals surface area contributed by atoms with Gasteiger partial charge < -0.3 is 14.8 Å². The van der Waals surface area contributed by atoms with Gasteiger partial charge in [-0.1, -0.05) is 59.8 Å². The highest BCUT2D eigenvalue weighted by molar-refractivity contribution is 7.99. The minimum absolute atomic E-state index is 0.151. The van der Waals surface area contributed by atoms with Crippen molar-refractivity contribution in [3.63, 3.8) is 0 Å². The Morgan fingerprint density at radius 2 is 1.77 bits per heavy atom. The molecule has 0 aliphatic carbocycles. The number of ether oxygens (including phenoxy) is 2. The number of para-hydroxylation sites is 3. The van der Waals surface area contributed by atoms with E-state index in [9.17, 15) is 4.79 Å². The van der Waals surface area contributed by atoms with Crippen LogP contribution in [0.25, 0.3) is 5.69 Å². The van der Waals surface area contributed by atoms with E-state index in [1.165, 1.54) is 11.8 Å². The van der Waals surface area contributed by atoms with Gasteiger partial charge >= 0.3 is 0 Å². The lowest BCUT2D eigenvalue weighted by Crippen LogP contribution is -2.15. The molecule has 1 unspecified atom stereocenters. The van der Waals surface area contributed by atoms with Crippen LogP contribution in [-0.2, 0) is 4.79 Å². The molecule has 1 aromatic heterocycles. The molecular formula is C26H25ClN4O3S. The molecule has 0 saturated carbocycles. The molecule has 0 saturated heterocycles. The lowest BCUT2D eigenvalue weighted by molar-refractivity contribution is -0.113. The Hall–Kier alpha value is -3.49. The summed E-state index contributed by atoms with van der Waals surface area (Å²) >= 11 is 7.46. The summed E-state index contributed by atoms with van der Waals surface area (Å²) in [6.07, 6.45) is -0.433. The van der Waals surface area contributed by atoms with Crippen LogP contribution in [0.4, 0.5) is 5.69 Å². The van der Waals surface area contributed by atoms with Crippen molar-refractivity contribution in [2.45, 2.75) is 25.1 Å². The zero-order valence-corrected chi connectivity index (χ0v) is 21.1. The van der Waals surface area contributed by atoms with Gasteiger partial charge in [0.25, 0.3) is 0 Å². The molecule has 1 amide bonds. The Bertz CT molecular complexity index is 1310. The first-order chi connectivity index (χ1) is 17.0. The lowest BCUT2D eigenvalue weighted by atomic mass is 10.2. The topological polar surface area (TPSA) is 78.3 Å². The number of carbonyl (C=O) groups excluding carboxylic acids is 1. The Kier molecular flexibility index (Phi) is 7.94. The molecule has 9 heteroatoms. The number of rotatable bonds is 9. The minimum Gasteiger partial charge on any atom is -0.493 e. The fourth-order valence-electron chi connectivity index (χ4n) is 3.41. The molecule has 1 heterocycles. The largest absolute Gasteiger partial charge is 0.493 e. The van der Waals surface area contributed by atoms with Gasteiger partial charge in [0, 0.05) is 16.4 Å². The average molecular weight is 509 g/mol.